The number of ether oxygens (including phenoxy) is 1. The lowest BCUT2D eigenvalue weighted by Crippen LogP contribution is -2.49. The fourth-order valence-electron chi connectivity index (χ4n) is 2.13. The van der Waals surface area contributed by atoms with Crippen LogP contribution in [0.15, 0.2) is 42.5 Å². The molecule has 0 radical (unpaired) electrons. The maximum absolute atomic E-state index is 12.0. The van der Waals surface area contributed by atoms with Crippen molar-refractivity contribution < 1.29 is 19.2 Å². The SMILES string of the molecule is Cc1cccc(OCC(=O)NNC(=S)NC(=O)c2ccc([N+](=O)[O-])cc2)c1C. The number of rotatable bonds is 5. The molecule has 0 aliphatic carbocycles. The minimum atomic E-state index is -0.576. The molecule has 0 saturated heterocycles. The highest BCUT2D eigenvalue weighted by Gasteiger charge is 2.11. The first-order valence-electron chi connectivity index (χ1n) is 8.11. The van der Waals surface area contributed by atoms with Gasteiger partial charge >= 0.3 is 0 Å². The summed E-state index contributed by atoms with van der Waals surface area (Å²) in [6, 6.07) is 10.5. The summed E-state index contributed by atoms with van der Waals surface area (Å²) in [5.41, 5.74) is 6.73. The highest BCUT2D eigenvalue weighted by molar-refractivity contribution is 7.80. The van der Waals surface area contributed by atoms with Crippen molar-refractivity contribution in [3.8, 4) is 5.75 Å². The standard InChI is InChI=1S/C18H18N4O5S/c1-11-4-3-5-15(12(11)2)27-10-16(23)20-21-18(28)19-17(24)13-6-8-14(9-7-13)22(25)26/h3-9H,10H2,1-2H3,(H,20,23)(H2,19,21,24,28). The molecule has 0 aliphatic heterocycles. The van der Waals surface area contributed by atoms with E-state index in [1.165, 1.54) is 24.3 Å². The molecule has 10 heteroatoms. The molecule has 28 heavy (non-hydrogen) atoms. The topological polar surface area (TPSA) is 123 Å². The lowest BCUT2D eigenvalue weighted by atomic mass is 10.1. The first-order valence-corrected chi connectivity index (χ1v) is 8.52. The van der Waals surface area contributed by atoms with Crippen LogP contribution >= 0.6 is 12.2 Å². The highest BCUT2D eigenvalue weighted by Crippen LogP contribution is 2.20. The lowest BCUT2D eigenvalue weighted by Gasteiger charge is -2.13. The van der Waals surface area contributed by atoms with Crippen LogP contribution < -0.4 is 20.9 Å². The summed E-state index contributed by atoms with van der Waals surface area (Å²) in [4.78, 5) is 33.9. The van der Waals surface area contributed by atoms with Crippen LogP contribution in [-0.4, -0.2) is 28.5 Å². The number of non-ortho nitro benzene ring substituents is 1. The molecule has 0 aromatic heterocycles. The van der Waals surface area contributed by atoms with Gasteiger partial charge in [0.2, 0.25) is 0 Å². The molecule has 0 saturated carbocycles. The van der Waals surface area contributed by atoms with Gasteiger partial charge in [-0.15, -0.1) is 0 Å². The maximum Gasteiger partial charge on any atom is 0.276 e. The third-order valence-electron chi connectivity index (χ3n) is 3.80. The van der Waals surface area contributed by atoms with Gasteiger partial charge in [0.15, 0.2) is 11.7 Å². The predicted octanol–water partition coefficient (Wildman–Crippen LogP) is 1.93. The van der Waals surface area contributed by atoms with E-state index in [1.54, 1.807) is 6.07 Å². The molecule has 0 aliphatic rings. The van der Waals surface area contributed by atoms with E-state index in [0.717, 1.165) is 11.1 Å². The van der Waals surface area contributed by atoms with Gasteiger partial charge in [-0.25, -0.2) is 0 Å². The number of hydrogen-bond donors (Lipinski definition) is 3. The number of benzene rings is 2. The second kappa shape index (κ2) is 9.42. The van der Waals surface area contributed by atoms with E-state index < -0.39 is 16.7 Å². The summed E-state index contributed by atoms with van der Waals surface area (Å²) in [6.45, 7) is 3.59. The minimum absolute atomic E-state index is 0.131. The molecule has 2 amide bonds. The molecule has 0 fully saturated rings. The van der Waals surface area contributed by atoms with Crippen molar-refractivity contribution in [3.63, 3.8) is 0 Å². The first kappa shape index (κ1) is 20.8. The fourth-order valence-corrected chi connectivity index (χ4v) is 2.27. The third kappa shape index (κ3) is 5.74. The predicted molar refractivity (Wildman–Crippen MR) is 106 cm³/mol. The van der Waals surface area contributed by atoms with E-state index in [2.05, 4.69) is 16.2 Å². The maximum atomic E-state index is 12.0. The Bertz CT molecular complexity index is 915. The number of amides is 2. The first-order chi connectivity index (χ1) is 13.3. The number of carbonyl (C=O) groups is 2. The largest absolute Gasteiger partial charge is 0.483 e. The van der Waals surface area contributed by atoms with E-state index in [1.807, 2.05) is 26.0 Å². The highest BCUT2D eigenvalue weighted by atomic mass is 32.1. The van der Waals surface area contributed by atoms with Crippen LogP contribution in [0.4, 0.5) is 5.69 Å². The number of hydrogen-bond acceptors (Lipinski definition) is 6. The summed E-state index contributed by atoms with van der Waals surface area (Å²) in [5, 5.41) is 12.8. The molecule has 2 aromatic carbocycles. The number of nitro benzene ring substituents is 1. The fraction of sp³-hybridized carbons (Fsp3) is 0.167. The van der Waals surface area contributed by atoms with Gasteiger partial charge in [-0.05, 0) is 55.4 Å². The number of hydrazine groups is 1. The molecule has 0 atom stereocenters. The van der Waals surface area contributed by atoms with Crippen LogP contribution in [0.25, 0.3) is 0 Å². The molecular weight excluding hydrogens is 384 g/mol. The molecule has 0 heterocycles. The Hall–Kier alpha value is -3.53. The van der Waals surface area contributed by atoms with Crippen molar-refractivity contribution in [1.82, 2.24) is 16.2 Å². The molecule has 2 aromatic rings. The van der Waals surface area contributed by atoms with Crippen LogP contribution in [0.2, 0.25) is 0 Å². The van der Waals surface area contributed by atoms with Gasteiger partial charge in [-0.3, -0.25) is 35.9 Å². The second-order valence-corrected chi connectivity index (χ2v) is 6.16. The van der Waals surface area contributed by atoms with Crippen LogP contribution in [0.5, 0.6) is 5.75 Å². The van der Waals surface area contributed by atoms with E-state index in [4.69, 9.17) is 17.0 Å². The Morgan fingerprint density at radius 3 is 2.43 bits per heavy atom. The minimum Gasteiger partial charge on any atom is -0.483 e. The van der Waals surface area contributed by atoms with Crippen molar-refractivity contribution in [1.29, 1.82) is 0 Å². The van der Waals surface area contributed by atoms with Gasteiger partial charge in [-0.2, -0.15) is 0 Å². The average molecular weight is 402 g/mol. The lowest BCUT2D eigenvalue weighted by molar-refractivity contribution is -0.384. The Kier molecular flexibility index (Phi) is 6.99. The van der Waals surface area contributed by atoms with Gasteiger partial charge in [0.25, 0.3) is 17.5 Å². The van der Waals surface area contributed by atoms with Gasteiger partial charge in [0, 0.05) is 17.7 Å². The summed E-state index contributed by atoms with van der Waals surface area (Å²) in [6.07, 6.45) is 0. The third-order valence-corrected chi connectivity index (χ3v) is 4.00. The molecule has 146 valence electrons. The van der Waals surface area contributed by atoms with Crippen molar-refractivity contribution >= 4 is 34.8 Å². The monoisotopic (exact) mass is 402 g/mol. The van der Waals surface area contributed by atoms with E-state index in [0.29, 0.717) is 5.75 Å². The van der Waals surface area contributed by atoms with E-state index in [9.17, 15) is 19.7 Å². The van der Waals surface area contributed by atoms with Crippen molar-refractivity contribution in [3.05, 3.63) is 69.3 Å². The molecule has 0 spiro atoms. The van der Waals surface area contributed by atoms with Gasteiger partial charge in [0.05, 0.1) is 4.92 Å². The molecule has 2 rings (SSSR count). The quantitative estimate of drug-likeness (QED) is 0.397. The van der Waals surface area contributed by atoms with Gasteiger partial charge < -0.3 is 4.74 Å². The van der Waals surface area contributed by atoms with Crippen molar-refractivity contribution in [2.75, 3.05) is 6.61 Å². The number of thiocarbonyl (C=S) groups is 1. The Balaban J connectivity index is 1.78. The van der Waals surface area contributed by atoms with E-state index in [-0.39, 0.29) is 23.0 Å². The smallest absolute Gasteiger partial charge is 0.276 e. The van der Waals surface area contributed by atoms with Gasteiger partial charge in [-0.1, -0.05) is 12.1 Å². The number of aryl methyl sites for hydroxylation is 1. The zero-order chi connectivity index (χ0) is 20.7. The number of nitrogens with zero attached hydrogens (tertiary/aromatic N) is 1. The molecule has 0 bridgehead atoms. The van der Waals surface area contributed by atoms with E-state index >= 15 is 0 Å². The summed E-state index contributed by atoms with van der Waals surface area (Å²) in [7, 11) is 0. The van der Waals surface area contributed by atoms with Crippen molar-refractivity contribution in [2.24, 2.45) is 0 Å². The van der Waals surface area contributed by atoms with Crippen molar-refractivity contribution in [2.45, 2.75) is 13.8 Å². The van der Waals surface area contributed by atoms with Crippen LogP contribution in [0.1, 0.15) is 21.5 Å². The van der Waals surface area contributed by atoms with Crippen LogP contribution in [0.3, 0.4) is 0 Å². The number of nitrogens with one attached hydrogen (secondary N) is 3. The average Bonchev–Trinajstić information content (AvgIpc) is 2.67. The Morgan fingerprint density at radius 1 is 1.11 bits per heavy atom. The normalized spacial score (nSPS) is 9.93. The zero-order valence-electron chi connectivity index (χ0n) is 15.1. The summed E-state index contributed by atoms with van der Waals surface area (Å²) < 4.78 is 5.45. The zero-order valence-corrected chi connectivity index (χ0v) is 16.0. The second-order valence-electron chi connectivity index (χ2n) is 5.75. The van der Waals surface area contributed by atoms with Gasteiger partial charge in [0.1, 0.15) is 5.75 Å². The number of nitro groups is 1. The number of carbonyl (C=O) groups excluding carboxylic acids is 2. The Labute approximate surface area is 166 Å². The van der Waals surface area contributed by atoms with Crippen LogP contribution in [0, 0.1) is 24.0 Å². The van der Waals surface area contributed by atoms with Crippen LogP contribution in [-0.2, 0) is 4.79 Å². The summed E-state index contributed by atoms with van der Waals surface area (Å²) in [5.74, 6) is -0.467. The molecule has 9 nitrogen and oxygen atoms in total. The molecule has 3 N–H and O–H groups in total. The molecule has 0 unspecified atom stereocenters. The Morgan fingerprint density at radius 2 is 1.79 bits per heavy atom. The summed E-state index contributed by atoms with van der Waals surface area (Å²) >= 11 is 4.92. The molecular formula is C18H18N4O5S.